The summed E-state index contributed by atoms with van der Waals surface area (Å²) in [5.41, 5.74) is 0. The summed E-state index contributed by atoms with van der Waals surface area (Å²) in [5, 5.41) is -0.589. The normalized spacial score (nSPS) is 28.4. The quantitative estimate of drug-likeness (QED) is 0.550. The fourth-order valence-electron chi connectivity index (χ4n) is 1.24. The molecule has 1 aliphatic rings. The second-order valence-corrected chi connectivity index (χ2v) is 6.06. The van der Waals surface area contributed by atoms with Gasteiger partial charge < -0.3 is 0 Å². The van der Waals surface area contributed by atoms with E-state index >= 15 is 0 Å². The van der Waals surface area contributed by atoms with Gasteiger partial charge in [-0.1, -0.05) is 0 Å². The Morgan fingerprint density at radius 2 is 1.91 bits per heavy atom. The van der Waals surface area contributed by atoms with E-state index in [-0.39, 0.29) is 6.42 Å². The third kappa shape index (κ3) is 1.20. The Kier molecular flexibility index (Phi) is 1.82. The van der Waals surface area contributed by atoms with Gasteiger partial charge >= 0.3 is 0 Å². The van der Waals surface area contributed by atoms with Crippen LogP contribution in [0.4, 0.5) is 0 Å². The minimum Gasteiger partial charge on any atom is -0.282 e. The fourth-order valence-corrected chi connectivity index (χ4v) is 2.68. The first kappa shape index (κ1) is 8.71. The molecule has 0 bridgehead atoms. The Morgan fingerprint density at radius 1 is 1.36 bits per heavy atom. The van der Waals surface area contributed by atoms with Gasteiger partial charge in [-0.05, 0) is 26.7 Å². The maximum Gasteiger partial charge on any atom is 0.246 e. The lowest BCUT2D eigenvalue weighted by molar-refractivity contribution is -0.112. The molecule has 0 aromatic heterocycles. The molecule has 0 aromatic rings. The monoisotopic (exact) mass is 176 g/mol. The molecule has 3 nitrogen and oxygen atoms in total. The first-order valence-electron chi connectivity index (χ1n) is 3.65. The van der Waals surface area contributed by atoms with E-state index in [9.17, 15) is 13.2 Å². The summed E-state index contributed by atoms with van der Waals surface area (Å²) < 4.78 is 21.7. The van der Waals surface area contributed by atoms with E-state index in [2.05, 4.69) is 0 Å². The van der Waals surface area contributed by atoms with Crippen molar-refractivity contribution in [3.05, 3.63) is 0 Å². The van der Waals surface area contributed by atoms with Gasteiger partial charge in [0.1, 0.15) is 0 Å². The second kappa shape index (κ2) is 2.30. The molecular formula is C7H12O3S. The molecule has 0 amide bonds. The van der Waals surface area contributed by atoms with E-state index in [0.29, 0.717) is 12.8 Å². The molecule has 11 heavy (non-hydrogen) atoms. The number of sulfone groups is 1. The van der Waals surface area contributed by atoms with Crippen LogP contribution in [0.15, 0.2) is 0 Å². The van der Waals surface area contributed by atoms with Crippen LogP contribution in [0.25, 0.3) is 0 Å². The Hall–Kier alpha value is -0.380. The van der Waals surface area contributed by atoms with E-state index in [1.807, 2.05) is 0 Å². The van der Waals surface area contributed by atoms with Crippen LogP contribution in [0.2, 0.25) is 0 Å². The smallest absolute Gasteiger partial charge is 0.246 e. The summed E-state index contributed by atoms with van der Waals surface area (Å²) in [6.45, 7) is 3.22. The molecule has 0 N–H and O–H groups in total. The van der Waals surface area contributed by atoms with Crippen LogP contribution in [0, 0.1) is 0 Å². The van der Waals surface area contributed by atoms with Gasteiger partial charge in [0.25, 0.3) is 0 Å². The zero-order chi connectivity index (χ0) is 8.70. The van der Waals surface area contributed by atoms with Crippen LogP contribution in [0.1, 0.15) is 33.1 Å². The molecule has 1 aliphatic heterocycles. The summed E-state index contributed by atoms with van der Waals surface area (Å²) in [5.74, 6) is 0. The fraction of sp³-hybridized carbons (Fsp3) is 0.857. The van der Waals surface area contributed by atoms with Crippen molar-refractivity contribution in [1.29, 1.82) is 0 Å². The molecule has 0 radical (unpaired) electrons. The predicted molar refractivity (Wildman–Crippen MR) is 41.9 cm³/mol. The van der Waals surface area contributed by atoms with E-state index in [0.717, 1.165) is 0 Å². The minimum absolute atomic E-state index is 0.200. The van der Waals surface area contributed by atoms with Crippen LogP contribution in [0.3, 0.4) is 0 Å². The molecule has 0 unspecified atom stereocenters. The van der Waals surface area contributed by atoms with E-state index in [4.69, 9.17) is 0 Å². The van der Waals surface area contributed by atoms with Crippen LogP contribution in [0.5, 0.6) is 0 Å². The zero-order valence-corrected chi connectivity index (χ0v) is 7.57. The van der Waals surface area contributed by atoms with Crippen LogP contribution in [-0.2, 0) is 14.6 Å². The van der Waals surface area contributed by atoms with Gasteiger partial charge in [0, 0.05) is 6.42 Å². The highest BCUT2D eigenvalue weighted by molar-refractivity contribution is 8.07. The van der Waals surface area contributed by atoms with Crippen molar-refractivity contribution >= 4 is 15.0 Å². The minimum atomic E-state index is -3.48. The van der Waals surface area contributed by atoms with Gasteiger partial charge in [-0.3, -0.25) is 4.79 Å². The summed E-state index contributed by atoms with van der Waals surface area (Å²) in [7, 11) is -3.48. The van der Waals surface area contributed by atoms with Gasteiger partial charge in [0.05, 0.1) is 4.75 Å². The topological polar surface area (TPSA) is 51.2 Å². The average molecular weight is 176 g/mol. The second-order valence-electron chi connectivity index (χ2n) is 3.49. The van der Waals surface area contributed by atoms with E-state index in [1.165, 1.54) is 0 Å². The van der Waals surface area contributed by atoms with Crippen molar-refractivity contribution < 1.29 is 13.2 Å². The van der Waals surface area contributed by atoms with Gasteiger partial charge in [0.15, 0.2) is 0 Å². The highest BCUT2D eigenvalue weighted by atomic mass is 32.2. The van der Waals surface area contributed by atoms with Crippen LogP contribution >= 0.6 is 0 Å². The molecule has 1 rings (SSSR count). The highest BCUT2D eigenvalue weighted by Gasteiger charge is 2.42. The Bertz CT molecular complexity index is 274. The van der Waals surface area contributed by atoms with Crippen molar-refractivity contribution in [2.75, 3.05) is 0 Å². The number of hydrogen-bond donors (Lipinski definition) is 0. The third-order valence-corrected chi connectivity index (χ3v) is 4.65. The van der Waals surface area contributed by atoms with E-state index < -0.39 is 19.7 Å². The van der Waals surface area contributed by atoms with Gasteiger partial charge in [-0.2, -0.15) is 0 Å². The average Bonchev–Trinajstić information content (AvgIpc) is 1.84. The van der Waals surface area contributed by atoms with Crippen molar-refractivity contribution in [3.63, 3.8) is 0 Å². The zero-order valence-electron chi connectivity index (χ0n) is 6.75. The summed E-state index contributed by atoms with van der Waals surface area (Å²) in [4.78, 5) is 10.9. The Labute approximate surface area is 66.7 Å². The van der Waals surface area contributed by atoms with Gasteiger partial charge in [0.2, 0.25) is 15.0 Å². The van der Waals surface area contributed by atoms with Crippen molar-refractivity contribution in [3.8, 4) is 0 Å². The van der Waals surface area contributed by atoms with Crippen molar-refractivity contribution in [2.24, 2.45) is 0 Å². The highest BCUT2D eigenvalue weighted by Crippen LogP contribution is 2.30. The molecular weight excluding hydrogens is 164 g/mol. The van der Waals surface area contributed by atoms with Gasteiger partial charge in [-0.25, -0.2) is 8.42 Å². The molecule has 1 fully saturated rings. The summed E-state index contributed by atoms with van der Waals surface area (Å²) in [6, 6.07) is 0. The Morgan fingerprint density at radius 3 is 2.27 bits per heavy atom. The van der Waals surface area contributed by atoms with Crippen molar-refractivity contribution in [2.45, 2.75) is 37.9 Å². The molecule has 64 valence electrons. The molecule has 4 heteroatoms. The van der Waals surface area contributed by atoms with Crippen molar-refractivity contribution in [1.82, 2.24) is 0 Å². The van der Waals surface area contributed by atoms with Crippen LogP contribution in [-0.4, -0.2) is 18.3 Å². The lowest BCUT2D eigenvalue weighted by Crippen LogP contribution is -2.40. The number of hydrogen-bond acceptors (Lipinski definition) is 3. The molecule has 0 saturated carbocycles. The standard InChI is InChI=1S/C7H12O3S/c1-7(2)5-3-4-6(8)11(7,9)10/h3-5H2,1-2H3. The first-order chi connectivity index (χ1) is 4.88. The Balaban J connectivity index is 3.12. The molecule has 1 heterocycles. The third-order valence-electron chi connectivity index (χ3n) is 2.19. The molecule has 0 atom stereocenters. The van der Waals surface area contributed by atoms with Gasteiger partial charge in [-0.15, -0.1) is 0 Å². The maximum absolute atomic E-state index is 11.3. The SMILES string of the molecule is CC1(C)CCCC(=O)S1(=O)=O. The predicted octanol–water partition coefficient (Wildman–Crippen LogP) is 0.890. The molecule has 0 aliphatic carbocycles. The summed E-state index contributed by atoms with van der Waals surface area (Å²) >= 11 is 0. The first-order valence-corrected chi connectivity index (χ1v) is 5.14. The largest absolute Gasteiger partial charge is 0.282 e. The molecule has 0 spiro atoms. The lowest BCUT2D eigenvalue weighted by atomic mass is 10.1. The lowest BCUT2D eigenvalue weighted by Gasteiger charge is -2.27. The number of carbonyl (C=O) groups excluding carboxylic acids is 1. The number of rotatable bonds is 0. The van der Waals surface area contributed by atoms with Crippen LogP contribution < -0.4 is 0 Å². The maximum atomic E-state index is 11.3. The summed E-state index contributed by atoms with van der Waals surface area (Å²) in [6.07, 6.45) is 1.50. The van der Waals surface area contributed by atoms with E-state index in [1.54, 1.807) is 13.8 Å². The molecule has 0 aromatic carbocycles. The number of carbonyl (C=O) groups is 1. The molecule has 1 saturated heterocycles.